The average molecular weight is 384 g/mol. The number of aromatic amines is 1. The molecule has 7 nitrogen and oxygen atoms in total. The van der Waals surface area contributed by atoms with Gasteiger partial charge in [-0.05, 0) is 31.5 Å². The maximum atomic E-state index is 12.6. The number of sulfonamides is 1. The number of carbonyl (C=O) groups is 1. The quantitative estimate of drug-likeness (QED) is 0.608. The third-order valence-corrected chi connectivity index (χ3v) is 5.31. The van der Waals surface area contributed by atoms with Crippen LogP contribution in [-0.4, -0.2) is 24.5 Å². The van der Waals surface area contributed by atoms with E-state index in [0.29, 0.717) is 5.69 Å². The van der Waals surface area contributed by atoms with Crippen molar-refractivity contribution in [3.63, 3.8) is 0 Å². The fourth-order valence-electron chi connectivity index (χ4n) is 2.57. The summed E-state index contributed by atoms with van der Waals surface area (Å²) in [4.78, 5) is 12.5. The summed E-state index contributed by atoms with van der Waals surface area (Å²) in [5.74, 6) is -0.519. The molecule has 27 heavy (non-hydrogen) atoms. The molecule has 0 aliphatic rings. The third kappa shape index (κ3) is 4.53. The molecule has 1 heterocycles. The van der Waals surface area contributed by atoms with Crippen LogP contribution >= 0.6 is 0 Å². The van der Waals surface area contributed by atoms with E-state index < -0.39 is 15.9 Å². The first-order valence-electron chi connectivity index (χ1n) is 8.32. The number of nitrogens with one attached hydrogen (secondary N) is 3. The first kappa shape index (κ1) is 18.7. The van der Waals surface area contributed by atoms with E-state index in [1.54, 1.807) is 24.3 Å². The molecule has 0 fully saturated rings. The van der Waals surface area contributed by atoms with Crippen LogP contribution in [0.5, 0.6) is 0 Å². The van der Waals surface area contributed by atoms with Gasteiger partial charge in [-0.15, -0.1) is 0 Å². The van der Waals surface area contributed by atoms with Crippen LogP contribution in [0.4, 0.5) is 5.69 Å². The largest absolute Gasteiger partial charge is 0.348 e. The number of H-pyrrole nitrogens is 1. The van der Waals surface area contributed by atoms with Crippen molar-refractivity contribution < 1.29 is 13.2 Å². The summed E-state index contributed by atoms with van der Waals surface area (Å²) >= 11 is 0. The Hall–Kier alpha value is -3.13. The minimum absolute atomic E-state index is 0.0396. The van der Waals surface area contributed by atoms with E-state index >= 15 is 0 Å². The van der Waals surface area contributed by atoms with Gasteiger partial charge in [0.25, 0.3) is 15.9 Å². The average Bonchev–Trinajstić information content (AvgIpc) is 3.12. The maximum Gasteiger partial charge on any atom is 0.279 e. The van der Waals surface area contributed by atoms with Gasteiger partial charge in [-0.25, -0.2) is 0 Å². The number of carbonyl (C=O) groups excluding carboxylic acids is 1. The van der Waals surface area contributed by atoms with Crippen molar-refractivity contribution in [2.24, 2.45) is 0 Å². The summed E-state index contributed by atoms with van der Waals surface area (Å²) in [6.07, 6.45) is 1.20. The molecule has 0 aliphatic heterocycles. The third-order valence-electron chi connectivity index (χ3n) is 3.96. The van der Waals surface area contributed by atoms with Crippen LogP contribution in [-0.2, 0) is 16.6 Å². The molecule has 0 bridgehead atoms. The molecule has 3 N–H and O–H groups in total. The SMILES string of the molecule is Cc1ccc(NS(=O)(=O)c2[nH]ncc2C(=O)NCc2cccc(C)c2)cc1. The minimum Gasteiger partial charge on any atom is -0.348 e. The van der Waals surface area contributed by atoms with Crippen LogP contribution in [0, 0.1) is 13.8 Å². The highest BCUT2D eigenvalue weighted by atomic mass is 32.2. The Morgan fingerprint density at radius 3 is 2.52 bits per heavy atom. The smallest absolute Gasteiger partial charge is 0.279 e. The lowest BCUT2D eigenvalue weighted by Gasteiger charge is -2.09. The zero-order valence-corrected chi connectivity index (χ0v) is 15.8. The Morgan fingerprint density at radius 2 is 1.81 bits per heavy atom. The van der Waals surface area contributed by atoms with E-state index in [1.807, 2.05) is 38.1 Å². The fourth-order valence-corrected chi connectivity index (χ4v) is 3.72. The standard InChI is InChI=1S/C19H20N4O3S/c1-13-6-8-16(9-7-13)23-27(25,26)19-17(12-21-22-19)18(24)20-11-15-5-3-4-14(2)10-15/h3-10,12,23H,11H2,1-2H3,(H,20,24)(H,21,22). The van der Waals surface area contributed by atoms with Crippen LogP contribution in [0.3, 0.4) is 0 Å². The molecule has 8 heteroatoms. The number of anilines is 1. The molecule has 0 saturated carbocycles. The van der Waals surface area contributed by atoms with E-state index in [1.165, 1.54) is 6.20 Å². The Morgan fingerprint density at radius 1 is 1.07 bits per heavy atom. The second kappa shape index (κ2) is 7.63. The van der Waals surface area contributed by atoms with Crippen molar-refractivity contribution >= 4 is 21.6 Å². The van der Waals surface area contributed by atoms with E-state index in [4.69, 9.17) is 0 Å². The van der Waals surface area contributed by atoms with Crippen LogP contribution < -0.4 is 10.0 Å². The molecule has 0 radical (unpaired) electrons. The molecule has 0 saturated heterocycles. The second-order valence-corrected chi connectivity index (χ2v) is 7.88. The van der Waals surface area contributed by atoms with Crippen LogP contribution in [0.25, 0.3) is 0 Å². The van der Waals surface area contributed by atoms with Gasteiger partial charge in [-0.3, -0.25) is 14.6 Å². The number of rotatable bonds is 6. The van der Waals surface area contributed by atoms with E-state index in [0.717, 1.165) is 16.7 Å². The number of amides is 1. The number of benzene rings is 2. The molecule has 1 aromatic heterocycles. The van der Waals surface area contributed by atoms with E-state index in [-0.39, 0.29) is 17.1 Å². The van der Waals surface area contributed by atoms with Crippen molar-refractivity contribution in [2.45, 2.75) is 25.4 Å². The normalized spacial score (nSPS) is 11.2. The van der Waals surface area contributed by atoms with Gasteiger partial charge in [0, 0.05) is 12.2 Å². The van der Waals surface area contributed by atoms with Gasteiger partial charge in [0.2, 0.25) is 0 Å². The van der Waals surface area contributed by atoms with Crippen molar-refractivity contribution in [1.29, 1.82) is 0 Å². The van der Waals surface area contributed by atoms with Gasteiger partial charge < -0.3 is 5.32 Å². The summed E-state index contributed by atoms with van der Waals surface area (Å²) in [6, 6.07) is 14.6. The summed E-state index contributed by atoms with van der Waals surface area (Å²) in [7, 11) is -3.98. The lowest BCUT2D eigenvalue weighted by atomic mass is 10.1. The Bertz CT molecular complexity index is 1060. The van der Waals surface area contributed by atoms with Gasteiger partial charge in [0.15, 0.2) is 5.03 Å². The number of nitrogens with zero attached hydrogens (tertiary/aromatic N) is 1. The molecular formula is C19H20N4O3S. The predicted octanol–water partition coefficient (Wildman–Crippen LogP) is 2.76. The first-order valence-corrected chi connectivity index (χ1v) is 9.80. The van der Waals surface area contributed by atoms with Crippen molar-refractivity contribution in [3.05, 3.63) is 77.0 Å². The lowest BCUT2D eigenvalue weighted by molar-refractivity contribution is 0.0947. The van der Waals surface area contributed by atoms with Gasteiger partial charge >= 0.3 is 0 Å². The first-order chi connectivity index (χ1) is 12.8. The van der Waals surface area contributed by atoms with Gasteiger partial charge in [-0.1, -0.05) is 47.5 Å². The molecule has 0 aliphatic carbocycles. The van der Waals surface area contributed by atoms with E-state index in [9.17, 15) is 13.2 Å². The van der Waals surface area contributed by atoms with Crippen molar-refractivity contribution in [1.82, 2.24) is 15.5 Å². The maximum absolute atomic E-state index is 12.6. The number of hydrogen-bond donors (Lipinski definition) is 3. The van der Waals surface area contributed by atoms with Crippen LogP contribution in [0.2, 0.25) is 0 Å². The summed E-state index contributed by atoms with van der Waals surface area (Å²) < 4.78 is 27.7. The van der Waals surface area contributed by atoms with Crippen molar-refractivity contribution in [3.8, 4) is 0 Å². The number of aryl methyl sites for hydroxylation is 2. The molecule has 3 aromatic rings. The highest BCUT2D eigenvalue weighted by Gasteiger charge is 2.25. The Kier molecular flexibility index (Phi) is 5.27. The van der Waals surface area contributed by atoms with Gasteiger partial charge in [0.05, 0.1) is 11.8 Å². The Balaban J connectivity index is 1.75. The van der Waals surface area contributed by atoms with Crippen molar-refractivity contribution in [2.75, 3.05) is 4.72 Å². The second-order valence-electron chi connectivity index (χ2n) is 6.26. The topological polar surface area (TPSA) is 104 Å². The molecule has 0 atom stereocenters. The minimum atomic E-state index is -3.98. The highest BCUT2D eigenvalue weighted by molar-refractivity contribution is 7.92. The lowest BCUT2D eigenvalue weighted by Crippen LogP contribution is -2.25. The molecule has 140 valence electrons. The highest BCUT2D eigenvalue weighted by Crippen LogP contribution is 2.18. The molecule has 0 spiro atoms. The monoisotopic (exact) mass is 384 g/mol. The van der Waals surface area contributed by atoms with Crippen LogP contribution in [0.1, 0.15) is 27.0 Å². The van der Waals surface area contributed by atoms with Gasteiger partial charge in [-0.2, -0.15) is 13.5 Å². The zero-order valence-electron chi connectivity index (χ0n) is 15.0. The fraction of sp³-hybridized carbons (Fsp3) is 0.158. The molecular weight excluding hydrogens is 364 g/mol. The summed E-state index contributed by atoms with van der Waals surface area (Å²) in [6.45, 7) is 4.16. The van der Waals surface area contributed by atoms with Crippen LogP contribution in [0.15, 0.2) is 59.8 Å². The summed E-state index contributed by atoms with van der Waals surface area (Å²) in [5.41, 5.74) is 3.38. The summed E-state index contributed by atoms with van der Waals surface area (Å²) in [5, 5.41) is 8.58. The number of hydrogen-bond acceptors (Lipinski definition) is 4. The zero-order chi connectivity index (χ0) is 19.4. The van der Waals surface area contributed by atoms with Gasteiger partial charge in [0.1, 0.15) is 0 Å². The Labute approximate surface area is 157 Å². The van der Waals surface area contributed by atoms with E-state index in [2.05, 4.69) is 20.2 Å². The number of aromatic nitrogens is 2. The molecule has 0 unspecified atom stereocenters. The molecule has 1 amide bonds. The molecule has 3 rings (SSSR count). The predicted molar refractivity (Wildman–Crippen MR) is 103 cm³/mol. The molecule has 2 aromatic carbocycles.